The smallest absolute Gasteiger partial charge is 0.235 e. The Kier molecular flexibility index (Phi) is 4.30. The molecule has 0 aliphatic heterocycles. The van der Waals surface area contributed by atoms with Crippen molar-refractivity contribution in [2.45, 2.75) is 0 Å². The van der Waals surface area contributed by atoms with Gasteiger partial charge in [-0.15, -0.1) is 0 Å². The summed E-state index contributed by atoms with van der Waals surface area (Å²) in [5, 5.41) is 8.29. The number of hydrogen-bond donors (Lipinski definition) is 0. The van der Waals surface area contributed by atoms with E-state index in [4.69, 9.17) is 9.97 Å². The molecule has 0 amide bonds. The van der Waals surface area contributed by atoms with Crippen LogP contribution in [0.5, 0.6) is 0 Å². The summed E-state index contributed by atoms with van der Waals surface area (Å²) in [5.74, 6) is 0.680. The van der Waals surface area contributed by atoms with Gasteiger partial charge in [-0.3, -0.25) is 4.57 Å². The normalized spacial score (nSPS) is 12.0. The molecule has 0 aliphatic rings. The fraction of sp³-hybridized carbons (Fsp3) is 0. The Morgan fingerprint density at radius 2 is 1.12 bits per heavy atom. The van der Waals surface area contributed by atoms with Gasteiger partial charge in [0.2, 0.25) is 5.95 Å². The molecule has 0 aliphatic carbocycles. The van der Waals surface area contributed by atoms with Crippen molar-refractivity contribution in [3.63, 3.8) is 0 Å². The van der Waals surface area contributed by atoms with Crippen LogP contribution in [0, 0.1) is 0 Å². The second kappa shape index (κ2) is 8.01. The van der Waals surface area contributed by atoms with Crippen molar-refractivity contribution in [2.75, 3.05) is 0 Å². The van der Waals surface area contributed by atoms with Gasteiger partial charge in [0.1, 0.15) is 0 Å². The second-order valence-corrected chi connectivity index (χ2v) is 10.3. The molecule has 0 spiro atoms. The second-order valence-electron chi connectivity index (χ2n) is 10.3. The molecule has 0 atom stereocenters. The largest absolute Gasteiger partial charge is 0.309 e. The molecule has 9 aromatic rings. The highest BCUT2D eigenvalue weighted by Crippen LogP contribution is 2.42. The summed E-state index contributed by atoms with van der Waals surface area (Å²) in [6.07, 6.45) is 1.93. The van der Waals surface area contributed by atoms with E-state index in [0.717, 1.165) is 27.5 Å². The van der Waals surface area contributed by atoms with Crippen LogP contribution < -0.4 is 0 Å². The Bertz CT molecular complexity index is 2440. The van der Waals surface area contributed by atoms with E-state index in [9.17, 15) is 0 Å². The van der Waals surface area contributed by atoms with Crippen molar-refractivity contribution in [2.24, 2.45) is 0 Å². The van der Waals surface area contributed by atoms with Gasteiger partial charge in [0.15, 0.2) is 0 Å². The van der Waals surface area contributed by atoms with Crippen molar-refractivity contribution < 1.29 is 0 Å². The fourth-order valence-corrected chi connectivity index (χ4v) is 6.45. The van der Waals surface area contributed by atoms with Gasteiger partial charge in [0.25, 0.3) is 0 Å². The van der Waals surface area contributed by atoms with Gasteiger partial charge in [-0.05, 0) is 35.7 Å². The standard InChI is InChI=1S/C36H22N4/c1-3-13-25-23(10-1)12-9-19-30(25)39-32-18-8-5-15-28(32)34-33(39)21-20-27-26-14-4-7-17-31(26)40(35(27)34)36-37-22-24-11-2-6-16-29(24)38-36/h1-22H. The molecule has 4 heteroatoms. The molecule has 0 unspecified atom stereocenters. The Morgan fingerprint density at radius 3 is 2.00 bits per heavy atom. The molecule has 0 radical (unpaired) electrons. The zero-order valence-corrected chi connectivity index (χ0v) is 21.5. The summed E-state index contributed by atoms with van der Waals surface area (Å²) in [5.41, 5.74) is 6.68. The van der Waals surface area contributed by atoms with Crippen molar-refractivity contribution in [1.82, 2.24) is 19.1 Å². The zero-order chi connectivity index (χ0) is 26.2. The molecule has 40 heavy (non-hydrogen) atoms. The molecule has 4 nitrogen and oxygen atoms in total. The minimum atomic E-state index is 0.680. The van der Waals surface area contributed by atoms with Gasteiger partial charge in [-0.1, -0.05) is 97.1 Å². The average Bonchev–Trinajstić information content (AvgIpc) is 3.53. The van der Waals surface area contributed by atoms with Gasteiger partial charge in [0.05, 0.1) is 33.3 Å². The monoisotopic (exact) mass is 510 g/mol. The summed E-state index contributed by atoms with van der Waals surface area (Å²) in [6, 6.07) is 45.2. The van der Waals surface area contributed by atoms with Crippen LogP contribution in [0.25, 0.3) is 76.9 Å². The van der Waals surface area contributed by atoms with Crippen LogP contribution in [-0.4, -0.2) is 19.1 Å². The molecule has 0 fully saturated rings. The van der Waals surface area contributed by atoms with E-state index in [1.165, 1.54) is 43.5 Å². The molecule has 9 rings (SSSR count). The first-order chi connectivity index (χ1) is 19.9. The van der Waals surface area contributed by atoms with Gasteiger partial charge in [-0.2, -0.15) is 0 Å². The van der Waals surface area contributed by atoms with Crippen LogP contribution >= 0.6 is 0 Å². The zero-order valence-electron chi connectivity index (χ0n) is 21.5. The van der Waals surface area contributed by atoms with E-state index in [1.807, 2.05) is 18.3 Å². The lowest BCUT2D eigenvalue weighted by Gasteiger charge is -2.12. The third-order valence-corrected chi connectivity index (χ3v) is 8.15. The number of aromatic nitrogens is 4. The SMILES string of the molecule is c1ccc2nc(-n3c4ccccc4c4ccc5c(c6ccccc6n5-c5cccc6ccccc56)c43)ncc2c1. The van der Waals surface area contributed by atoms with Crippen LogP contribution in [0.15, 0.2) is 134 Å². The first kappa shape index (κ1) is 21.5. The number of hydrogen-bond acceptors (Lipinski definition) is 2. The van der Waals surface area contributed by atoms with Gasteiger partial charge >= 0.3 is 0 Å². The molecule has 0 N–H and O–H groups in total. The van der Waals surface area contributed by atoms with E-state index >= 15 is 0 Å². The van der Waals surface area contributed by atoms with E-state index < -0.39 is 0 Å². The minimum absolute atomic E-state index is 0.680. The number of fused-ring (bicyclic) bond motifs is 9. The van der Waals surface area contributed by atoms with E-state index in [1.54, 1.807) is 0 Å². The van der Waals surface area contributed by atoms with Crippen molar-refractivity contribution >= 4 is 65.3 Å². The van der Waals surface area contributed by atoms with Crippen molar-refractivity contribution in [3.8, 4) is 11.6 Å². The van der Waals surface area contributed by atoms with Crippen LogP contribution in [0.3, 0.4) is 0 Å². The maximum Gasteiger partial charge on any atom is 0.235 e. The fourth-order valence-electron chi connectivity index (χ4n) is 6.45. The molecule has 3 heterocycles. The predicted octanol–water partition coefficient (Wildman–Crippen LogP) is 8.98. The summed E-state index contributed by atoms with van der Waals surface area (Å²) in [7, 11) is 0. The highest BCUT2D eigenvalue weighted by Gasteiger charge is 2.22. The lowest BCUT2D eigenvalue weighted by molar-refractivity contribution is 1.01. The molecule has 186 valence electrons. The summed E-state index contributed by atoms with van der Waals surface area (Å²) in [6.45, 7) is 0. The first-order valence-corrected chi connectivity index (χ1v) is 13.5. The number of nitrogens with zero attached hydrogens (tertiary/aromatic N) is 4. The van der Waals surface area contributed by atoms with Crippen LogP contribution in [0.2, 0.25) is 0 Å². The van der Waals surface area contributed by atoms with Crippen LogP contribution in [-0.2, 0) is 0 Å². The van der Waals surface area contributed by atoms with Gasteiger partial charge in [-0.25, -0.2) is 9.97 Å². The van der Waals surface area contributed by atoms with E-state index in [0.29, 0.717) is 5.95 Å². The van der Waals surface area contributed by atoms with E-state index in [-0.39, 0.29) is 0 Å². The Morgan fingerprint density at radius 1 is 0.450 bits per heavy atom. The minimum Gasteiger partial charge on any atom is -0.309 e. The highest BCUT2D eigenvalue weighted by molar-refractivity contribution is 6.26. The molecule has 0 saturated heterocycles. The third-order valence-electron chi connectivity index (χ3n) is 8.15. The van der Waals surface area contributed by atoms with Gasteiger partial charge in [0, 0.05) is 38.5 Å². The Hall–Kier alpha value is -5.48. The first-order valence-electron chi connectivity index (χ1n) is 13.5. The van der Waals surface area contributed by atoms with Crippen molar-refractivity contribution in [3.05, 3.63) is 134 Å². The van der Waals surface area contributed by atoms with Crippen LogP contribution in [0.4, 0.5) is 0 Å². The maximum absolute atomic E-state index is 5.06. The van der Waals surface area contributed by atoms with E-state index in [2.05, 4.69) is 124 Å². The Balaban J connectivity index is 1.50. The maximum atomic E-state index is 5.06. The molecule has 3 aromatic heterocycles. The molecular formula is C36H22N4. The molecule has 0 bridgehead atoms. The highest BCUT2D eigenvalue weighted by atomic mass is 15.2. The quantitative estimate of drug-likeness (QED) is 0.233. The molecular weight excluding hydrogens is 488 g/mol. The third kappa shape index (κ3) is 2.85. The molecule has 0 saturated carbocycles. The number of rotatable bonds is 2. The number of benzene rings is 6. The Labute approximate surface area is 229 Å². The van der Waals surface area contributed by atoms with Gasteiger partial charge < -0.3 is 4.57 Å². The molecule has 6 aromatic carbocycles. The topological polar surface area (TPSA) is 35.6 Å². The summed E-state index contributed by atoms with van der Waals surface area (Å²) < 4.78 is 4.66. The van der Waals surface area contributed by atoms with Crippen LogP contribution in [0.1, 0.15) is 0 Å². The number of para-hydroxylation sites is 3. The summed E-state index contributed by atoms with van der Waals surface area (Å²) >= 11 is 0. The summed E-state index contributed by atoms with van der Waals surface area (Å²) in [4.78, 5) is 9.94. The average molecular weight is 511 g/mol. The lowest BCUT2D eigenvalue weighted by atomic mass is 10.1. The lowest BCUT2D eigenvalue weighted by Crippen LogP contribution is -2.01. The predicted molar refractivity (Wildman–Crippen MR) is 166 cm³/mol. The van der Waals surface area contributed by atoms with Crippen molar-refractivity contribution in [1.29, 1.82) is 0 Å².